The molecule has 154 valence electrons. The number of benzene rings is 2. The van der Waals surface area contributed by atoms with Crippen molar-refractivity contribution in [3.8, 4) is 5.75 Å². The van der Waals surface area contributed by atoms with Gasteiger partial charge in [0.25, 0.3) is 0 Å². The number of aryl methyl sites for hydroxylation is 1. The fourth-order valence-corrected chi connectivity index (χ4v) is 3.52. The number of hydrogen-bond acceptors (Lipinski definition) is 6. The van der Waals surface area contributed by atoms with E-state index in [2.05, 4.69) is 5.32 Å². The van der Waals surface area contributed by atoms with Crippen LogP contribution in [-0.4, -0.2) is 30.9 Å². The number of anilines is 1. The smallest absolute Gasteiger partial charge is 0.375 e. The average Bonchev–Trinajstić information content (AvgIpc) is 3.22. The Morgan fingerprint density at radius 2 is 1.97 bits per heavy atom. The van der Waals surface area contributed by atoms with E-state index in [0.717, 1.165) is 10.9 Å². The van der Waals surface area contributed by atoms with Crippen LogP contribution in [0.3, 0.4) is 0 Å². The molecule has 0 saturated heterocycles. The van der Waals surface area contributed by atoms with E-state index in [4.69, 9.17) is 13.9 Å². The molecule has 1 N–H and O–H groups in total. The van der Waals surface area contributed by atoms with Crippen molar-refractivity contribution in [1.82, 2.24) is 0 Å². The first-order valence-electron chi connectivity index (χ1n) is 9.70. The number of amides is 1. The number of ether oxygens (including phenoxy) is 2. The summed E-state index contributed by atoms with van der Waals surface area (Å²) < 4.78 is 16.3. The maximum atomic E-state index is 12.5. The summed E-state index contributed by atoms with van der Waals surface area (Å²) in [6, 6.07) is 10.3. The van der Waals surface area contributed by atoms with Crippen LogP contribution in [0, 0.1) is 6.92 Å². The second-order valence-electron chi connectivity index (χ2n) is 7.16. The molecule has 0 bridgehead atoms. The molecule has 0 radical (unpaired) electrons. The van der Waals surface area contributed by atoms with Crippen LogP contribution < -0.4 is 10.1 Å². The SMILES string of the molecule is CCOc1ccc2oc(C(=O)OCC(=O)c3ccc4c(c3)[C@H](C)C(=O)N4)c(C)c2c1. The van der Waals surface area contributed by atoms with E-state index in [1.165, 1.54) is 0 Å². The number of rotatable bonds is 6. The number of Topliss-reactive ketones (excluding diaryl/α,β-unsaturated/α-hetero) is 1. The molecule has 2 heterocycles. The van der Waals surface area contributed by atoms with Crippen LogP contribution in [0.25, 0.3) is 11.0 Å². The first-order chi connectivity index (χ1) is 14.4. The van der Waals surface area contributed by atoms with Crippen molar-refractivity contribution in [2.45, 2.75) is 26.7 Å². The van der Waals surface area contributed by atoms with Gasteiger partial charge in [-0.1, -0.05) is 0 Å². The Morgan fingerprint density at radius 3 is 2.73 bits per heavy atom. The third-order valence-corrected chi connectivity index (χ3v) is 5.23. The van der Waals surface area contributed by atoms with Gasteiger partial charge < -0.3 is 19.2 Å². The average molecular weight is 407 g/mol. The Morgan fingerprint density at radius 1 is 1.17 bits per heavy atom. The van der Waals surface area contributed by atoms with Gasteiger partial charge in [0.1, 0.15) is 11.3 Å². The van der Waals surface area contributed by atoms with Gasteiger partial charge in [0.05, 0.1) is 12.5 Å². The Kier molecular flexibility index (Phi) is 5.03. The minimum atomic E-state index is -0.707. The third-order valence-electron chi connectivity index (χ3n) is 5.23. The van der Waals surface area contributed by atoms with Crippen LogP contribution in [-0.2, 0) is 9.53 Å². The highest BCUT2D eigenvalue weighted by Gasteiger charge is 2.27. The van der Waals surface area contributed by atoms with Crippen molar-refractivity contribution in [3.63, 3.8) is 0 Å². The predicted molar refractivity (Wildman–Crippen MR) is 110 cm³/mol. The zero-order valence-electron chi connectivity index (χ0n) is 16.9. The summed E-state index contributed by atoms with van der Waals surface area (Å²) in [7, 11) is 0. The number of carbonyl (C=O) groups excluding carboxylic acids is 3. The topological polar surface area (TPSA) is 94.8 Å². The molecule has 1 amide bonds. The fourth-order valence-electron chi connectivity index (χ4n) is 3.52. The number of fused-ring (bicyclic) bond motifs is 2. The lowest BCUT2D eigenvalue weighted by atomic mass is 9.99. The van der Waals surface area contributed by atoms with E-state index in [1.54, 1.807) is 50.2 Å². The molecular weight excluding hydrogens is 386 g/mol. The summed E-state index contributed by atoms with van der Waals surface area (Å²) in [5.41, 5.74) is 3.01. The number of hydrogen-bond donors (Lipinski definition) is 1. The first-order valence-corrected chi connectivity index (χ1v) is 9.70. The third kappa shape index (κ3) is 3.43. The van der Waals surface area contributed by atoms with Gasteiger partial charge in [-0.15, -0.1) is 0 Å². The molecule has 1 atom stereocenters. The van der Waals surface area contributed by atoms with Gasteiger partial charge in [-0.3, -0.25) is 9.59 Å². The van der Waals surface area contributed by atoms with Crippen molar-refractivity contribution in [2.75, 3.05) is 18.5 Å². The predicted octanol–water partition coefficient (Wildman–Crippen LogP) is 4.24. The summed E-state index contributed by atoms with van der Waals surface area (Å²) in [5, 5.41) is 3.51. The number of esters is 1. The van der Waals surface area contributed by atoms with Gasteiger partial charge in [-0.2, -0.15) is 0 Å². The monoisotopic (exact) mass is 407 g/mol. The molecule has 1 aliphatic heterocycles. The summed E-state index contributed by atoms with van der Waals surface area (Å²) in [6.07, 6.45) is 0. The van der Waals surface area contributed by atoms with Crippen molar-refractivity contribution < 1.29 is 28.3 Å². The maximum Gasteiger partial charge on any atom is 0.375 e. The molecule has 4 rings (SSSR count). The van der Waals surface area contributed by atoms with E-state index in [9.17, 15) is 14.4 Å². The van der Waals surface area contributed by atoms with E-state index < -0.39 is 12.6 Å². The second kappa shape index (κ2) is 7.67. The molecule has 0 spiro atoms. The van der Waals surface area contributed by atoms with E-state index in [1.807, 2.05) is 6.92 Å². The molecule has 1 aliphatic rings. The Balaban J connectivity index is 1.48. The number of furan rings is 1. The van der Waals surface area contributed by atoms with Crippen LogP contribution in [0.2, 0.25) is 0 Å². The summed E-state index contributed by atoms with van der Waals surface area (Å²) in [6.45, 7) is 5.53. The zero-order chi connectivity index (χ0) is 21.4. The van der Waals surface area contributed by atoms with Crippen molar-refractivity contribution in [1.29, 1.82) is 0 Å². The van der Waals surface area contributed by atoms with Crippen LogP contribution in [0.15, 0.2) is 40.8 Å². The Hall–Kier alpha value is -3.61. The summed E-state index contributed by atoms with van der Waals surface area (Å²) in [4.78, 5) is 36.8. The van der Waals surface area contributed by atoms with Crippen molar-refractivity contribution in [3.05, 3.63) is 58.8 Å². The normalized spacial score (nSPS) is 15.0. The molecule has 2 aromatic carbocycles. The van der Waals surface area contributed by atoms with Gasteiger partial charge in [0.2, 0.25) is 11.7 Å². The largest absolute Gasteiger partial charge is 0.494 e. The van der Waals surface area contributed by atoms with Crippen LogP contribution in [0.1, 0.15) is 51.8 Å². The summed E-state index contributed by atoms with van der Waals surface area (Å²) >= 11 is 0. The van der Waals surface area contributed by atoms with E-state index in [-0.39, 0.29) is 23.4 Å². The number of nitrogens with one attached hydrogen (secondary N) is 1. The van der Waals surface area contributed by atoms with Crippen molar-refractivity contribution >= 4 is 34.3 Å². The van der Waals surface area contributed by atoms with Crippen LogP contribution in [0.4, 0.5) is 5.69 Å². The standard InChI is InChI=1S/C23H21NO6/c1-4-28-15-6-8-20-17(10-15)12(2)21(30-20)23(27)29-11-19(25)14-5-7-18-16(9-14)13(3)22(26)24-18/h5-10,13H,4,11H2,1-3H3,(H,24,26)/t13-/m0/s1. The Labute approximate surface area is 173 Å². The van der Waals surface area contributed by atoms with E-state index in [0.29, 0.717) is 34.8 Å². The zero-order valence-corrected chi connectivity index (χ0v) is 16.9. The molecular formula is C23H21NO6. The number of carbonyl (C=O) groups is 3. The second-order valence-corrected chi connectivity index (χ2v) is 7.16. The highest BCUT2D eigenvalue weighted by Crippen LogP contribution is 2.33. The fraction of sp³-hybridized carbons (Fsp3) is 0.261. The lowest BCUT2D eigenvalue weighted by molar-refractivity contribution is -0.116. The first kappa shape index (κ1) is 19.7. The minimum Gasteiger partial charge on any atom is -0.494 e. The molecule has 0 aliphatic carbocycles. The van der Waals surface area contributed by atoms with Crippen LogP contribution in [0.5, 0.6) is 5.75 Å². The highest BCUT2D eigenvalue weighted by molar-refractivity contribution is 6.05. The quantitative estimate of drug-likeness (QED) is 0.485. The summed E-state index contributed by atoms with van der Waals surface area (Å²) in [5.74, 6) is -0.748. The molecule has 0 fully saturated rings. The molecule has 30 heavy (non-hydrogen) atoms. The molecule has 1 aromatic heterocycles. The molecule has 7 heteroatoms. The molecule has 0 saturated carbocycles. The lowest BCUT2D eigenvalue weighted by Gasteiger charge is -2.06. The highest BCUT2D eigenvalue weighted by atomic mass is 16.5. The van der Waals surface area contributed by atoms with Gasteiger partial charge in [-0.25, -0.2) is 4.79 Å². The van der Waals surface area contributed by atoms with Gasteiger partial charge >= 0.3 is 5.97 Å². The van der Waals surface area contributed by atoms with Gasteiger partial charge in [0, 0.05) is 22.2 Å². The molecule has 3 aromatic rings. The molecule has 0 unspecified atom stereocenters. The number of ketones is 1. The lowest BCUT2D eigenvalue weighted by Crippen LogP contribution is -2.14. The van der Waals surface area contributed by atoms with Crippen LogP contribution >= 0.6 is 0 Å². The van der Waals surface area contributed by atoms with Crippen molar-refractivity contribution in [2.24, 2.45) is 0 Å². The maximum absolute atomic E-state index is 12.5. The Bertz CT molecular complexity index is 1180. The molecule has 7 nitrogen and oxygen atoms in total. The van der Waals surface area contributed by atoms with Gasteiger partial charge in [0.15, 0.2) is 12.4 Å². The van der Waals surface area contributed by atoms with E-state index >= 15 is 0 Å². The minimum absolute atomic E-state index is 0.0591. The van der Waals surface area contributed by atoms with Gasteiger partial charge in [-0.05, 0) is 62.7 Å².